The third-order valence-corrected chi connectivity index (χ3v) is 2.59. The molecule has 2 unspecified atom stereocenters. The van der Waals surface area contributed by atoms with Gasteiger partial charge in [-0.3, -0.25) is 4.79 Å². The van der Waals surface area contributed by atoms with Crippen molar-refractivity contribution in [2.24, 2.45) is 5.92 Å². The Labute approximate surface area is 86.8 Å². The second-order valence-electron chi connectivity index (χ2n) is 3.99. The summed E-state index contributed by atoms with van der Waals surface area (Å²) < 4.78 is 40.6. The van der Waals surface area contributed by atoms with E-state index in [4.69, 9.17) is 4.74 Å². The first-order chi connectivity index (χ1) is 6.90. The zero-order chi connectivity index (χ0) is 11.5. The Kier molecular flexibility index (Phi) is 4.13. The number of ketones is 1. The molecule has 0 bridgehead atoms. The molecule has 1 rings (SSSR count). The van der Waals surface area contributed by atoms with E-state index in [1.54, 1.807) is 0 Å². The van der Waals surface area contributed by atoms with Crippen LogP contribution >= 0.6 is 0 Å². The van der Waals surface area contributed by atoms with Gasteiger partial charge in [0.15, 0.2) is 5.78 Å². The summed E-state index contributed by atoms with van der Waals surface area (Å²) in [5.41, 5.74) is 0. The maximum Gasteiger partial charge on any atom is 0.389 e. The number of ether oxygens (including phenoxy) is 1. The SMILES string of the molecule is CC1CCOC1C(=O)CCCC(F)(F)F. The fraction of sp³-hybridized carbons (Fsp3) is 0.900. The highest BCUT2D eigenvalue weighted by atomic mass is 19.4. The highest BCUT2D eigenvalue weighted by Gasteiger charge is 2.32. The number of rotatable bonds is 4. The lowest BCUT2D eigenvalue weighted by Crippen LogP contribution is -2.25. The van der Waals surface area contributed by atoms with E-state index in [9.17, 15) is 18.0 Å². The molecule has 2 atom stereocenters. The number of alkyl halides is 3. The Hall–Kier alpha value is -0.580. The maximum atomic E-state index is 11.8. The molecular formula is C10H15F3O2. The molecule has 0 radical (unpaired) electrons. The van der Waals surface area contributed by atoms with Gasteiger partial charge < -0.3 is 4.74 Å². The smallest absolute Gasteiger partial charge is 0.370 e. The Balaban J connectivity index is 2.24. The van der Waals surface area contributed by atoms with Gasteiger partial charge in [0.05, 0.1) is 0 Å². The zero-order valence-corrected chi connectivity index (χ0v) is 8.64. The van der Waals surface area contributed by atoms with Gasteiger partial charge in [-0.2, -0.15) is 13.2 Å². The van der Waals surface area contributed by atoms with Gasteiger partial charge in [0.1, 0.15) is 6.10 Å². The Morgan fingerprint density at radius 1 is 1.47 bits per heavy atom. The van der Waals surface area contributed by atoms with Crippen molar-refractivity contribution in [1.29, 1.82) is 0 Å². The largest absolute Gasteiger partial charge is 0.389 e. The molecule has 1 aliphatic rings. The number of hydrogen-bond donors (Lipinski definition) is 0. The molecule has 0 aliphatic carbocycles. The van der Waals surface area contributed by atoms with E-state index in [1.165, 1.54) is 0 Å². The van der Waals surface area contributed by atoms with Crippen LogP contribution in [0.3, 0.4) is 0 Å². The zero-order valence-electron chi connectivity index (χ0n) is 8.64. The molecule has 0 spiro atoms. The fourth-order valence-corrected chi connectivity index (χ4v) is 1.71. The van der Waals surface area contributed by atoms with Crippen LogP contribution < -0.4 is 0 Å². The second kappa shape index (κ2) is 4.96. The van der Waals surface area contributed by atoms with Crippen LogP contribution in [-0.2, 0) is 9.53 Å². The van der Waals surface area contributed by atoms with Crippen molar-refractivity contribution in [1.82, 2.24) is 0 Å². The van der Waals surface area contributed by atoms with E-state index in [2.05, 4.69) is 0 Å². The number of carbonyl (C=O) groups is 1. The molecule has 1 aliphatic heterocycles. The van der Waals surface area contributed by atoms with Gasteiger partial charge in [0, 0.05) is 19.4 Å². The summed E-state index contributed by atoms with van der Waals surface area (Å²) in [4.78, 5) is 11.4. The molecule has 0 N–H and O–H groups in total. The number of Topliss-reactive ketones (excluding diaryl/α,β-unsaturated/α-hetero) is 1. The van der Waals surface area contributed by atoms with Crippen molar-refractivity contribution < 1.29 is 22.7 Å². The predicted molar refractivity (Wildman–Crippen MR) is 48.4 cm³/mol. The summed E-state index contributed by atoms with van der Waals surface area (Å²) in [6.45, 7) is 2.43. The van der Waals surface area contributed by atoms with Gasteiger partial charge in [-0.05, 0) is 18.8 Å². The van der Waals surface area contributed by atoms with Crippen LogP contribution in [-0.4, -0.2) is 24.7 Å². The first-order valence-electron chi connectivity index (χ1n) is 5.11. The van der Waals surface area contributed by atoms with E-state index < -0.39 is 18.7 Å². The average Bonchev–Trinajstić information content (AvgIpc) is 2.48. The molecule has 0 saturated carbocycles. The lowest BCUT2D eigenvalue weighted by molar-refractivity contribution is -0.139. The van der Waals surface area contributed by atoms with Crippen molar-refractivity contribution in [3.8, 4) is 0 Å². The molecule has 0 amide bonds. The minimum absolute atomic E-state index is 0.0332. The summed E-state index contributed by atoms with van der Waals surface area (Å²) in [5.74, 6) is -0.0485. The third kappa shape index (κ3) is 4.20. The van der Waals surface area contributed by atoms with Crippen molar-refractivity contribution in [2.45, 2.75) is 44.9 Å². The molecule has 0 aromatic carbocycles. The molecule has 5 heteroatoms. The molecule has 2 nitrogen and oxygen atoms in total. The lowest BCUT2D eigenvalue weighted by Gasteiger charge is -2.13. The minimum Gasteiger partial charge on any atom is -0.370 e. The first-order valence-corrected chi connectivity index (χ1v) is 5.11. The molecule has 1 fully saturated rings. The molecule has 15 heavy (non-hydrogen) atoms. The van der Waals surface area contributed by atoms with E-state index in [-0.39, 0.29) is 24.5 Å². The van der Waals surface area contributed by atoms with Gasteiger partial charge in [-0.1, -0.05) is 6.92 Å². The lowest BCUT2D eigenvalue weighted by atomic mass is 9.97. The average molecular weight is 224 g/mol. The third-order valence-electron chi connectivity index (χ3n) is 2.59. The quantitative estimate of drug-likeness (QED) is 0.733. The van der Waals surface area contributed by atoms with Crippen molar-refractivity contribution >= 4 is 5.78 Å². The van der Waals surface area contributed by atoms with Crippen molar-refractivity contribution in [2.75, 3.05) is 6.61 Å². The maximum absolute atomic E-state index is 11.8. The summed E-state index contributed by atoms with van der Waals surface area (Å²) >= 11 is 0. The van der Waals surface area contributed by atoms with Gasteiger partial charge in [-0.25, -0.2) is 0 Å². The molecule has 1 heterocycles. The Bertz CT molecular complexity index is 225. The van der Waals surface area contributed by atoms with Gasteiger partial charge >= 0.3 is 6.18 Å². The summed E-state index contributed by atoms with van der Waals surface area (Å²) in [6.07, 6.45) is -4.88. The molecule has 88 valence electrons. The van der Waals surface area contributed by atoms with Gasteiger partial charge in [-0.15, -0.1) is 0 Å². The molecule has 0 aromatic rings. The monoisotopic (exact) mass is 224 g/mol. The van der Waals surface area contributed by atoms with Crippen LogP contribution in [0.2, 0.25) is 0 Å². The van der Waals surface area contributed by atoms with Crippen LogP contribution in [0.15, 0.2) is 0 Å². The molecule has 0 aromatic heterocycles. The van der Waals surface area contributed by atoms with Crippen molar-refractivity contribution in [3.63, 3.8) is 0 Å². The van der Waals surface area contributed by atoms with E-state index in [1.807, 2.05) is 6.92 Å². The van der Waals surface area contributed by atoms with Crippen LogP contribution in [0.4, 0.5) is 13.2 Å². The highest BCUT2D eigenvalue weighted by molar-refractivity contribution is 5.83. The van der Waals surface area contributed by atoms with Gasteiger partial charge in [0.25, 0.3) is 0 Å². The van der Waals surface area contributed by atoms with Crippen LogP contribution in [0.1, 0.15) is 32.6 Å². The normalized spacial score (nSPS) is 26.9. The second-order valence-corrected chi connectivity index (χ2v) is 3.99. The van der Waals surface area contributed by atoms with Crippen molar-refractivity contribution in [3.05, 3.63) is 0 Å². The standard InChI is InChI=1S/C10H15F3O2/c1-7-4-6-15-9(7)8(14)3-2-5-10(11,12)13/h7,9H,2-6H2,1H3. The van der Waals surface area contributed by atoms with E-state index >= 15 is 0 Å². The molecule has 1 saturated heterocycles. The first kappa shape index (κ1) is 12.5. The van der Waals surface area contributed by atoms with E-state index in [0.29, 0.717) is 6.61 Å². The predicted octanol–water partition coefficient (Wildman–Crippen LogP) is 2.71. The topological polar surface area (TPSA) is 26.3 Å². The Morgan fingerprint density at radius 3 is 2.60 bits per heavy atom. The molecular weight excluding hydrogens is 209 g/mol. The van der Waals surface area contributed by atoms with Crippen LogP contribution in [0.25, 0.3) is 0 Å². The van der Waals surface area contributed by atoms with Gasteiger partial charge in [0.2, 0.25) is 0 Å². The number of halogens is 3. The summed E-state index contributed by atoms with van der Waals surface area (Å²) in [7, 11) is 0. The number of carbonyl (C=O) groups excluding carboxylic acids is 1. The Morgan fingerprint density at radius 2 is 2.13 bits per heavy atom. The summed E-state index contributed by atoms with van der Waals surface area (Å²) in [5, 5.41) is 0. The fourth-order valence-electron chi connectivity index (χ4n) is 1.71. The highest BCUT2D eigenvalue weighted by Crippen LogP contribution is 2.25. The minimum atomic E-state index is -4.16. The van der Waals surface area contributed by atoms with Crippen LogP contribution in [0.5, 0.6) is 0 Å². The summed E-state index contributed by atoms with van der Waals surface area (Å²) in [6, 6.07) is 0. The van der Waals surface area contributed by atoms with Crippen LogP contribution in [0, 0.1) is 5.92 Å². The number of hydrogen-bond acceptors (Lipinski definition) is 2. The van der Waals surface area contributed by atoms with E-state index in [0.717, 1.165) is 6.42 Å².